The molecule has 1 aliphatic heterocycles. The molecule has 158 valence electrons. The molecular formula is C25H29IN2O2. The highest BCUT2D eigenvalue weighted by Gasteiger charge is 2.30. The Morgan fingerprint density at radius 1 is 0.967 bits per heavy atom. The minimum Gasteiger partial charge on any atom is -1.00 e. The molecule has 4 rings (SSSR count). The summed E-state index contributed by atoms with van der Waals surface area (Å²) in [5, 5.41) is 5.09. The molecule has 4 nitrogen and oxygen atoms in total. The molecule has 1 fully saturated rings. The van der Waals surface area contributed by atoms with Gasteiger partial charge in [0.25, 0.3) is 5.91 Å². The van der Waals surface area contributed by atoms with Gasteiger partial charge < -0.3 is 38.5 Å². The van der Waals surface area contributed by atoms with Gasteiger partial charge in [-0.15, -0.1) is 0 Å². The number of nitrogens with zero attached hydrogens (tertiary/aromatic N) is 1. The maximum absolute atomic E-state index is 12.8. The number of carbonyl (C=O) groups is 1. The molecule has 0 radical (unpaired) electrons. The second kappa shape index (κ2) is 9.90. The lowest BCUT2D eigenvalue weighted by molar-refractivity contribution is -0.929. The number of hydrogen-bond donors (Lipinski definition) is 1. The highest BCUT2D eigenvalue weighted by atomic mass is 127. The van der Waals surface area contributed by atoms with Crippen LogP contribution in [0.25, 0.3) is 10.8 Å². The molecule has 0 atom stereocenters. The Hall–Kier alpha value is -1.96. The number of anilines is 1. The van der Waals surface area contributed by atoms with Gasteiger partial charge in [-0.3, -0.25) is 4.79 Å². The molecule has 1 heterocycles. The number of halogens is 1. The maximum Gasteiger partial charge on any atom is 0.256 e. The zero-order valence-electron chi connectivity index (χ0n) is 17.6. The molecule has 1 amide bonds. The van der Waals surface area contributed by atoms with Gasteiger partial charge in [0.05, 0.1) is 33.4 Å². The van der Waals surface area contributed by atoms with Gasteiger partial charge in [0, 0.05) is 29.7 Å². The van der Waals surface area contributed by atoms with Crippen LogP contribution >= 0.6 is 0 Å². The number of rotatable bonds is 5. The summed E-state index contributed by atoms with van der Waals surface area (Å²) in [4.78, 5) is 12.8. The molecule has 0 bridgehead atoms. The lowest BCUT2D eigenvalue weighted by Crippen LogP contribution is -3.00. The Bertz CT molecular complexity index is 990. The van der Waals surface area contributed by atoms with E-state index in [9.17, 15) is 4.79 Å². The topological polar surface area (TPSA) is 38.3 Å². The summed E-state index contributed by atoms with van der Waals surface area (Å²) >= 11 is 0. The molecule has 0 aliphatic carbocycles. The summed E-state index contributed by atoms with van der Waals surface area (Å²) in [6.07, 6.45) is 2.23. The largest absolute Gasteiger partial charge is 1.00 e. The number of amides is 1. The Morgan fingerprint density at radius 3 is 2.37 bits per heavy atom. The van der Waals surface area contributed by atoms with Crippen LogP contribution in [0.4, 0.5) is 5.69 Å². The summed E-state index contributed by atoms with van der Waals surface area (Å²) in [7, 11) is 4.60. The van der Waals surface area contributed by atoms with Crippen LogP contribution < -0.4 is 29.3 Å². The molecule has 0 unspecified atom stereocenters. The fraction of sp³-hybridized carbons (Fsp3) is 0.320. The number of benzene rings is 3. The van der Waals surface area contributed by atoms with Gasteiger partial charge in [-0.1, -0.05) is 48.5 Å². The number of ether oxygens (including phenoxy) is 1. The van der Waals surface area contributed by atoms with Crippen LogP contribution in [0.1, 0.15) is 28.8 Å². The van der Waals surface area contributed by atoms with Crippen molar-refractivity contribution < 1.29 is 38.0 Å². The first-order valence-corrected chi connectivity index (χ1v) is 10.3. The first-order chi connectivity index (χ1) is 14.0. The Kier molecular flexibility index (Phi) is 7.50. The molecule has 3 aromatic rings. The Balaban J connectivity index is 0.00000256. The first kappa shape index (κ1) is 22.7. The molecule has 0 saturated carbocycles. The van der Waals surface area contributed by atoms with Crippen molar-refractivity contribution in [2.45, 2.75) is 25.4 Å². The van der Waals surface area contributed by atoms with E-state index in [0.717, 1.165) is 53.5 Å². The summed E-state index contributed by atoms with van der Waals surface area (Å²) in [6, 6.07) is 22.7. The van der Waals surface area contributed by atoms with Gasteiger partial charge in [0.1, 0.15) is 6.54 Å². The third-order valence-corrected chi connectivity index (χ3v) is 6.02. The zero-order chi connectivity index (χ0) is 20.3. The van der Waals surface area contributed by atoms with E-state index in [1.165, 1.54) is 5.56 Å². The zero-order valence-corrected chi connectivity index (χ0v) is 19.8. The molecule has 1 saturated heterocycles. The predicted octanol–water partition coefficient (Wildman–Crippen LogP) is 1.85. The number of fused-ring (bicyclic) bond motifs is 1. The van der Waals surface area contributed by atoms with Crippen LogP contribution in [0.2, 0.25) is 0 Å². The van der Waals surface area contributed by atoms with E-state index in [0.29, 0.717) is 11.6 Å². The molecule has 5 heteroatoms. The van der Waals surface area contributed by atoms with Crippen molar-refractivity contribution in [2.24, 2.45) is 0 Å². The molecule has 1 aliphatic rings. The van der Waals surface area contributed by atoms with E-state index in [2.05, 4.69) is 31.5 Å². The van der Waals surface area contributed by atoms with Crippen LogP contribution in [-0.4, -0.2) is 43.7 Å². The molecular weight excluding hydrogens is 487 g/mol. The van der Waals surface area contributed by atoms with Gasteiger partial charge in [0.2, 0.25) is 0 Å². The van der Waals surface area contributed by atoms with Crippen LogP contribution in [0.5, 0.6) is 0 Å². The number of quaternary nitrogens is 1. The quantitative estimate of drug-likeness (QED) is 0.416. The van der Waals surface area contributed by atoms with E-state index in [4.69, 9.17) is 4.74 Å². The second-order valence-corrected chi connectivity index (χ2v) is 8.46. The minimum absolute atomic E-state index is 0. The van der Waals surface area contributed by atoms with Crippen LogP contribution in [0.15, 0.2) is 66.7 Å². The van der Waals surface area contributed by atoms with E-state index >= 15 is 0 Å². The highest BCUT2D eigenvalue weighted by molar-refractivity contribution is 6.12. The molecule has 3 aromatic carbocycles. The van der Waals surface area contributed by atoms with Crippen molar-refractivity contribution in [1.82, 2.24) is 0 Å². The number of carbonyl (C=O) groups excluding carboxylic acids is 1. The van der Waals surface area contributed by atoms with Gasteiger partial charge in [-0.25, -0.2) is 0 Å². The third kappa shape index (κ3) is 5.20. The van der Waals surface area contributed by atoms with Crippen LogP contribution in [-0.2, 0) is 11.3 Å². The van der Waals surface area contributed by atoms with Crippen molar-refractivity contribution in [3.05, 3.63) is 77.9 Å². The van der Waals surface area contributed by atoms with Gasteiger partial charge in [0.15, 0.2) is 0 Å². The molecule has 0 aromatic heterocycles. The average Bonchev–Trinajstić information content (AvgIpc) is 2.75. The highest BCUT2D eigenvalue weighted by Crippen LogP contribution is 2.24. The fourth-order valence-electron chi connectivity index (χ4n) is 4.30. The van der Waals surface area contributed by atoms with Crippen LogP contribution in [0, 0.1) is 0 Å². The first-order valence-electron chi connectivity index (χ1n) is 10.3. The van der Waals surface area contributed by atoms with Crippen molar-refractivity contribution in [2.75, 3.05) is 32.6 Å². The van der Waals surface area contributed by atoms with E-state index in [-0.39, 0.29) is 29.9 Å². The van der Waals surface area contributed by atoms with Crippen molar-refractivity contribution in [3.63, 3.8) is 0 Å². The van der Waals surface area contributed by atoms with E-state index < -0.39 is 0 Å². The van der Waals surface area contributed by atoms with Gasteiger partial charge >= 0.3 is 0 Å². The van der Waals surface area contributed by atoms with Gasteiger partial charge in [-0.2, -0.15) is 0 Å². The molecule has 30 heavy (non-hydrogen) atoms. The Morgan fingerprint density at radius 2 is 1.63 bits per heavy atom. The number of hydrogen-bond acceptors (Lipinski definition) is 2. The predicted molar refractivity (Wildman–Crippen MR) is 118 cm³/mol. The van der Waals surface area contributed by atoms with Crippen molar-refractivity contribution in [1.29, 1.82) is 0 Å². The van der Waals surface area contributed by atoms with Crippen LogP contribution in [0.3, 0.4) is 0 Å². The molecule has 1 N–H and O–H groups in total. The minimum atomic E-state index is -0.0760. The van der Waals surface area contributed by atoms with E-state index in [1.54, 1.807) is 0 Å². The summed E-state index contributed by atoms with van der Waals surface area (Å²) in [6.45, 7) is 2.71. The lowest BCUT2D eigenvalue weighted by Gasteiger charge is -2.40. The average molecular weight is 516 g/mol. The maximum atomic E-state index is 12.8. The third-order valence-electron chi connectivity index (χ3n) is 6.02. The lowest BCUT2D eigenvalue weighted by atomic mass is 10.0. The summed E-state index contributed by atoms with van der Waals surface area (Å²) in [5.74, 6) is -0.0760. The van der Waals surface area contributed by atoms with Crippen molar-refractivity contribution >= 4 is 22.4 Å². The SMILES string of the molecule is C[N+](C)(Cc1ccc(NC(=O)c2cccc3ccccc23)cc1)C1CCOCC1.[I-]. The van der Waals surface area contributed by atoms with Crippen molar-refractivity contribution in [3.8, 4) is 0 Å². The van der Waals surface area contributed by atoms with E-state index in [1.807, 2.05) is 54.6 Å². The second-order valence-electron chi connectivity index (χ2n) is 8.46. The molecule has 0 spiro atoms. The summed E-state index contributed by atoms with van der Waals surface area (Å²) in [5.41, 5.74) is 2.80. The summed E-state index contributed by atoms with van der Waals surface area (Å²) < 4.78 is 6.47. The fourth-order valence-corrected chi connectivity index (χ4v) is 4.30. The standard InChI is InChI=1S/C25H28N2O2.HI/c1-27(2,22-14-16-29-17-15-22)18-19-10-12-21(13-11-19)26-25(28)24-9-5-7-20-6-3-4-8-23(20)24;/h3-13,22H,14-18H2,1-2H3;1H. The smallest absolute Gasteiger partial charge is 0.256 e. The Labute approximate surface area is 195 Å². The van der Waals surface area contributed by atoms with Gasteiger partial charge in [-0.05, 0) is 29.0 Å². The monoisotopic (exact) mass is 516 g/mol. The number of nitrogens with one attached hydrogen (secondary N) is 1. The normalized spacial score (nSPS) is 14.9.